The van der Waals surface area contributed by atoms with Crippen molar-refractivity contribution < 1.29 is 69.2 Å². The molecule has 4 heterocycles. The predicted octanol–water partition coefficient (Wildman–Crippen LogP) is 2.19. The number of imidazole rings is 4. The van der Waals surface area contributed by atoms with Crippen molar-refractivity contribution in [1.82, 2.24) is 39.9 Å². The molecule has 6 rings (SSSR count). The second kappa shape index (κ2) is 24.2. The Morgan fingerprint density at radius 3 is 0.906 bits per heavy atom. The van der Waals surface area contributed by atoms with Crippen LogP contribution in [0.1, 0.15) is 20.7 Å². The van der Waals surface area contributed by atoms with Gasteiger partial charge in [-0.1, -0.05) is 0 Å². The fourth-order valence-electron chi connectivity index (χ4n) is 2.86. The van der Waals surface area contributed by atoms with Crippen molar-refractivity contribution in [1.29, 1.82) is 0 Å². The first kappa shape index (κ1) is 45.0. The Hall–Kier alpha value is -7.96. The van der Waals surface area contributed by atoms with E-state index in [1.165, 1.54) is 0 Å². The molecule has 27 heteroatoms. The Bertz CT molecular complexity index is 1660. The maximum Gasteiger partial charge on any atom is 2.00 e. The fourth-order valence-corrected chi connectivity index (χ4v) is 2.86. The Morgan fingerprint density at radius 1 is 0.509 bits per heavy atom. The molecule has 0 aliphatic rings. The third kappa shape index (κ3) is 16.8. The van der Waals surface area contributed by atoms with Crippen molar-refractivity contribution in [3.05, 3.63) is 151 Å². The van der Waals surface area contributed by atoms with Gasteiger partial charge in [0.2, 0.25) is 0 Å². The van der Waals surface area contributed by atoms with Crippen LogP contribution in [-0.4, -0.2) is 81.7 Å². The van der Waals surface area contributed by atoms with E-state index in [1.807, 2.05) is 0 Å². The van der Waals surface area contributed by atoms with E-state index < -0.39 is 77.0 Å². The molecule has 0 radical (unpaired) electrons. The number of benzene rings is 2. The third-order valence-corrected chi connectivity index (χ3v) is 5.01. The summed E-state index contributed by atoms with van der Waals surface area (Å²) in [7, 11) is 0. The summed E-state index contributed by atoms with van der Waals surface area (Å²) in [6.45, 7) is 0. The molecular formula is C26H22N12O14Zn. The molecule has 4 aromatic heterocycles. The Labute approximate surface area is 305 Å². The minimum atomic E-state index is -1.75. The molecule has 6 aromatic rings. The molecular weight excluding hydrogens is 770 g/mol. The van der Waals surface area contributed by atoms with Crippen LogP contribution < -0.4 is 10.2 Å². The second-order valence-electron chi connectivity index (χ2n) is 8.36. The molecule has 0 aliphatic carbocycles. The predicted molar refractivity (Wildman–Crippen MR) is 167 cm³/mol. The van der Waals surface area contributed by atoms with Crippen LogP contribution in [0.3, 0.4) is 0 Å². The van der Waals surface area contributed by atoms with E-state index in [2.05, 4.69) is 39.9 Å². The Kier molecular flexibility index (Phi) is 20.6. The number of aromatic carboxylic acids is 2. The van der Waals surface area contributed by atoms with Crippen LogP contribution in [-0.2, 0) is 19.5 Å². The van der Waals surface area contributed by atoms with Crippen molar-refractivity contribution in [3.63, 3.8) is 0 Å². The van der Waals surface area contributed by atoms with Gasteiger partial charge in [0.1, 0.15) is 0 Å². The molecule has 0 saturated heterocycles. The summed E-state index contributed by atoms with van der Waals surface area (Å²) in [4.78, 5) is 83.8. The maximum atomic E-state index is 11.2. The van der Waals surface area contributed by atoms with E-state index in [9.17, 15) is 60.3 Å². The number of H-pyrrole nitrogens is 4. The van der Waals surface area contributed by atoms with E-state index in [0.29, 0.717) is 24.3 Å². The van der Waals surface area contributed by atoms with Crippen molar-refractivity contribution in [2.24, 2.45) is 0 Å². The van der Waals surface area contributed by atoms with Crippen LogP contribution in [0.15, 0.2) is 99.1 Å². The molecule has 0 spiro atoms. The van der Waals surface area contributed by atoms with Crippen molar-refractivity contribution >= 4 is 34.7 Å². The number of nitrogens with one attached hydrogen (secondary N) is 4. The standard InChI is InChI=1S/2C7H4N2O7.4C3H4N2.Zn/c2*10-6-4(7(11)12)1-3(8(13)14)2-5(6)9(15)16;4*1-2-5-3-4-1;/h2*1-2,10H,(H,11,12);4*1-3H,(H,4,5);/q;;;;;;+2/p-2. The third-order valence-electron chi connectivity index (χ3n) is 5.01. The summed E-state index contributed by atoms with van der Waals surface area (Å²) in [6.07, 6.45) is 20.3. The van der Waals surface area contributed by atoms with Crippen molar-refractivity contribution in [3.8, 4) is 11.5 Å². The average Bonchev–Trinajstić information content (AvgIpc) is 3.95. The number of nitro groups is 4. The number of nitro benzene ring substituents is 4. The second-order valence-corrected chi connectivity index (χ2v) is 8.36. The summed E-state index contributed by atoms with van der Waals surface area (Å²) in [6, 6.07) is 1.82. The Balaban J connectivity index is 0.000000666. The number of hydrogen-bond acceptors (Lipinski definition) is 16. The monoisotopic (exact) mass is 790 g/mol. The number of rotatable bonds is 6. The summed E-state index contributed by atoms with van der Waals surface area (Å²) < 4.78 is 0. The molecule has 0 bridgehead atoms. The topological polar surface area (TPSA) is 408 Å². The van der Waals surface area contributed by atoms with Gasteiger partial charge in [-0.05, 0) is 11.5 Å². The zero-order chi connectivity index (χ0) is 39.1. The molecule has 0 amide bonds. The van der Waals surface area contributed by atoms with Crippen molar-refractivity contribution in [2.45, 2.75) is 0 Å². The van der Waals surface area contributed by atoms with Gasteiger partial charge in [-0.3, -0.25) is 40.5 Å². The van der Waals surface area contributed by atoms with E-state index >= 15 is 0 Å². The zero-order valence-corrected chi connectivity index (χ0v) is 29.3. The minimum absolute atomic E-state index is 0. The molecule has 0 aliphatic heterocycles. The Morgan fingerprint density at radius 2 is 0.774 bits per heavy atom. The van der Waals surface area contributed by atoms with Crippen LogP contribution >= 0.6 is 0 Å². The summed E-state index contributed by atoms with van der Waals surface area (Å²) in [5.74, 6) is -6.22. The van der Waals surface area contributed by atoms with Crippen LogP contribution in [0.4, 0.5) is 22.7 Å². The van der Waals surface area contributed by atoms with Crippen molar-refractivity contribution in [2.75, 3.05) is 0 Å². The smallest absolute Gasteiger partial charge is 0.867 e. The van der Waals surface area contributed by atoms with Crippen LogP contribution in [0.5, 0.6) is 11.5 Å². The largest absolute Gasteiger partial charge is 2.00 e. The molecule has 26 nitrogen and oxygen atoms in total. The minimum Gasteiger partial charge on any atom is -0.867 e. The van der Waals surface area contributed by atoms with E-state index in [1.54, 1.807) is 74.9 Å². The summed E-state index contributed by atoms with van der Waals surface area (Å²) in [5, 5.41) is 80.9. The van der Waals surface area contributed by atoms with E-state index in [-0.39, 0.29) is 19.5 Å². The van der Waals surface area contributed by atoms with Crippen LogP contribution in [0, 0.1) is 40.5 Å². The van der Waals surface area contributed by atoms with Gasteiger partial charge in [-0.2, -0.15) is 0 Å². The quantitative estimate of drug-likeness (QED) is 0.0799. The van der Waals surface area contributed by atoms with Gasteiger partial charge in [0.15, 0.2) is 0 Å². The first-order valence-electron chi connectivity index (χ1n) is 13.1. The summed E-state index contributed by atoms with van der Waals surface area (Å²) >= 11 is 0. The number of carboxylic acids is 2. The number of hydrogen-bond donors (Lipinski definition) is 6. The van der Waals surface area contributed by atoms with E-state index in [4.69, 9.17) is 10.2 Å². The number of aromatic nitrogens is 8. The molecule has 0 fully saturated rings. The number of carboxylic acid groups (broad SMARTS) is 2. The molecule has 53 heavy (non-hydrogen) atoms. The van der Waals surface area contributed by atoms with Gasteiger partial charge in [0.25, 0.3) is 22.7 Å². The number of carbonyl (C=O) groups is 2. The molecule has 0 atom stereocenters. The number of aromatic amines is 4. The SMILES string of the molecule is O=C(O)c1cc([N+](=O)[O-])cc([N+](=O)[O-])c1[O-].O=C(O)c1cc([N+](=O)[O-])cc([N+](=O)[O-])c1[O-].[Zn+2].c1c[nH]cn1.c1c[nH]cn1.c1c[nH]cn1.c1c[nH]cn1. The molecule has 272 valence electrons. The van der Waals surface area contributed by atoms with Gasteiger partial charge >= 0.3 is 31.4 Å². The maximum absolute atomic E-state index is 11.2. The van der Waals surface area contributed by atoms with Gasteiger partial charge in [-0.15, -0.1) is 0 Å². The number of nitrogens with zero attached hydrogens (tertiary/aromatic N) is 8. The fraction of sp³-hybridized carbons (Fsp3) is 0. The normalized spacial score (nSPS) is 8.91. The average molecular weight is 792 g/mol. The van der Waals surface area contributed by atoms with E-state index in [0.717, 1.165) is 0 Å². The molecule has 0 saturated carbocycles. The van der Waals surface area contributed by atoms with Gasteiger partial charge < -0.3 is 40.4 Å². The van der Waals surface area contributed by atoms with Crippen LogP contribution in [0.2, 0.25) is 0 Å². The first-order chi connectivity index (χ1) is 24.7. The number of non-ortho nitro benzene ring substituents is 2. The first-order valence-corrected chi connectivity index (χ1v) is 13.1. The van der Waals surface area contributed by atoms with Gasteiger partial charge in [0.05, 0.1) is 68.3 Å². The molecule has 6 N–H and O–H groups in total. The molecule has 2 aromatic carbocycles. The van der Waals surface area contributed by atoms with Crippen LogP contribution in [0.25, 0.3) is 0 Å². The molecule has 0 unspecified atom stereocenters. The van der Waals surface area contributed by atoms with Gasteiger partial charge in [-0.25, -0.2) is 29.5 Å². The zero-order valence-electron chi connectivity index (χ0n) is 26.3. The van der Waals surface area contributed by atoms with Gasteiger partial charge in [0, 0.05) is 61.7 Å². The summed E-state index contributed by atoms with van der Waals surface area (Å²) in [5.41, 5.74) is -5.90.